The fourth-order valence-electron chi connectivity index (χ4n) is 2.19. The van der Waals surface area contributed by atoms with Gasteiger partial charge in [-0.2, -0.15) is 0 Å². The summed E-state index contributed by atoms with van der Waals surface area (Å²) in [6.07, 6.45) is 0. The molecule has 0 aliphatic rings. The second-order valence-electron chi connectivity index (χ2n) is 5.53. The molecule has 2 rings (SSSR count). The fraction of sp³-hybridized carbons (Fsp3) is 0.200. The fourth-order valence-corrected chi connectivity index (χ4v) is 2.70. The van der Waals surface area contributed by atoms with Gasteiger partial charge in [0, 0.05) is 14.1 Å². The third-order valence-corrected chi connectivity index (χ3v) is 4.67. The zero-order valence-electron chi connectivity index (χ0n) is 14.3. The molecule has 0 saturated heterocycles. The van der Waals surface area contributed by atoms with Crippen LogP contribution in [0.1, 0.15) is 20.7 Å². The SMILES string of the molecule is Cn1c(N)c(C(=O)COC(=O)c2ccc(S(N)(=O)=O)cc2)c(=O)n(C)c1=O. The number of carbonyl (C=O) groups is 2. The van der Waals surface area contributed by atoms with Gasteiger partial charge in [-0.3, -0.25) is 18.7 Å². The molecule has 144 valence electrons. The van der Waals surface area contributed by atoms with Crippen molar-refractivity contribution in [2.45, 2.75) is 4.90 Å². The number of carbonyl (C=O) groups excluding carboxylic acids is 2. The van der Waals surface area contributed by atoms with E-state index in [1.165, 1.54) is 14.1 Å². The molecule has 0 unspecified atom stereocenters. The van der Waals surface area contributed by atoms with Gasteiger partial charge in [0.05, 0.1) is 10.5 Å². The molecule has 0 amide bonds. The van der Waals surface area contributed by atoms with E-state index >= 15 is 0 Å². The number of ether oxygens (including phenoxy) is 1. The molecule has 1 heterocycles. The van der Waals surface area contributed by atoms with E-state index in [0.717, 1.165) is 28.8 Å². The quantitative estimate of drug-likeness (QED) is 0.447. The Morgan fingerprint density at radius 3 is 2.15 bits per heavy atom. The Morgan fingerprint density at radius 1 is 1.07 bits per heavy atom. The highest BCUT2D eigenvalue weighted by atomic mass is 32.2. The highest BCUT2D eigenvalue weighted by Crippen LogP contribution is 2.10. The van der Waals surface area contributed by atoms with Crippen molar-refractivity contribution in [3.05, 3.63) is 56.2 Å². The van der Waals surface area contributed by atoms with Crippen LogP contribution in [0.3, 0.4) is 0 Å². The number of hydrogen-bond donors (Lipinski definition) is 2. The monoisotopic (exact) mass is 396 g/mol. The number of nitrogen functional groups attached to an aromatic ring is 1. The van der Waals surface area contributed by atoms with Crippen molar-refractivity contribution in [3.8, 4) is 0 Å². The van der Waals surface area contributed by atoms with E-state index in [0.29, 0.717) is 4.57 Å². The van der Waals surface area contributed by atoms with Crippen LogP contribution in [-0.2, 0) is 28.9 Å². The van der Waals surface area contributed by atoms with Crippen molar-refractivity contribution in [1.29, 1.82) is 0 Å². The van der Waals surface area contributed by atoms with Gasteiger partial charge in [0.2, 0.25) is 15.8 Å². The minimum absolute atomic E-state index is 0.0310. The van der Waals surface area contributed by atoms with Crippen LogP contribution in [0, 0.1) is 0 Å². The first kappa shape index (κ1) is 20.1. The average Bonchev–Trinajstić information content (AvgIpc) is 2.62. The number of sulfonamides is 1. The lowest BCUT2D eigenvalue weighted by atomic mass is 10.2. The summed E-state index contributed by atoms with van der Waals surface area (Å²) >= 11 is 0. The first-order valence-corrected chi connectivity index (χ1v) is 8.88. The van der Waals surface area contributed by atoms with Crippen LogP contribution in [-0.4, -0.2) is 35.9 Å². The molecular weight excluding hydrogens is 380 g/mol. The smallest absolute Gasteiger partial charge is 0.338 e. The number of ketones is 1. The zero-order valence-corrected chi connectivity index (χ0v) is 15.1. The Balaban J connectivity index is 2.20. The van der Waals surface area contributed by atoms with Gasteiger partial charge in [0.25, 0.3) is 5.56 Å². The third-order valence-electron chi connectivity index (χ3n) is 3.74. The van der Waals surface area contributed by atoms with Crippen molar-refractivity contribution in [3.63, 3.8) is 0 Å². The Kier molecular flexibility index (Phi) is 5.33. The molecular formula is C15H16N4O7S. The van der Waals surface area contributed by atoms with Crippen molar-refractivity contribution >= 4 is 27.6 Å². The van der Waals surface area contributed by atoms with E-state index in [9.17, 15) is 27.6 Å². The summed E-state index contributed by atoms with van der Waals surface area (Å²) in [5.41, 5.74) is 3.53. The Morgan fingerprint density at radius 2 is 1.63 bits per heavy atom. The van der Waals surface area contributed by atoms with Crippen molar-refractivity contribution in [2.24, 2.45) is 19.2 Å². The lowest BCUT2D eigenvalue weighted by molar-refractivity contribution is 0.0474. The Bertz CT molecular complexity index is 1140. The van der Waals surface area contributed by atoms with Crippen LogP contribution in [0.4, 0.5) is 5.82 Å². The van der Waals surface area contributed by atoms with Crippen LogP contribution >= 0.6 is 0 Å². The number of nitrogens with two attached hydrogens (primary N) is 2. The van der Waals surface area contributed by atoms with Crippen LogP contribution < -0.4 is 22.1 Å². The molecule has 0 spiro atoms. The van der Waals surface area contributed by atoms with Crippen LogP contribution in [0.25, 0.3) is 0 Å². The van der Waals surface area contributed by atoms with Gasteiger partial charge < -0.3 is 10.5 Å². The highest BCUT2D eigenvalue weighted by Gasteiger charge is 2.22. The Labute approximate surface area is 152 Å². The van der Waals surface area contributed by atoms with Crippen molar-refractivity contribution in [1.82, 2.24) is 9.13 Å². The normalized spacial score (nSPS) is 11.2. The summed E-state index contributed by atoms with van der Waals surface area (Å²) in [5, 5.41) is 4.95. The largest absolute Gasteiger partial charge is 0.454 e. The number of benzene rings is 1. The standard InChI is InChI=1S/C15H16N4O7S/c1-18-12(16)11(13(21)19(2)15(18)23)10(20)7-26-14(22)8-3-5-9(6-4-8)27(17,24)25/h3-6H,7,16H2,1-2H3,(H2,17,24,25). The van der Waals surface area contributed by atoms with Crippen LogP contribution in [0.15, 0.2) is 38.8 Å². The molecule has 2 aromatic rings. The van der Waals surface area contributed by atoms with Gasteiger partial charge in [0.1, 0.15) is 11.4 Å². The van der Waals surface area contributed by atoms with E-state index in [2.05, 4.69) is 0 Å². The second kappa shape index (κ2) is 7.17. The van der Waals surface area contributed by atoms with E-state index in [1.807, 2.05) is 0 Å². The molecule has 1 aromatic heterocycles. The lowest BCUT2D eigenvalue weighted by Gasteiger charge is -2.11. The van der Waals surface area contributed by atoms with Crippen molar-refractivity contribution < 1.29 is 22.7 Å². The number of anilines is 1. The molecule has 27 heavy (non-hydrogen) atoms. The topological polar surface area (TPSA) is 174 Å². The second-order valence-corrected chi connectivity index (χ2v) is 7.10. The van der Waals surface area contributed by atoms with Gasteiger partial charge in [-0.1, -0.05) is 0 Å². The van der Waals surface area contributed by atoms with Crippen LogP contribution in [0.5, 0.6) is 0 Å². The molecule has 0 saturated carbocycles. The molecule has 0 aliphatic carbocycles. The van der Waals surface area contributed by atoms with E-state index < -0.39 is 45.2 Å². The summed E-state index contributed by atoms with van der Waals surface area (Å²) in [4.78, 5) is 47.8. The number of esters is 1. The molecule has 0 fully saturated rings. The van der Waals surface area contributed by atoms with E-state index in [1.54, 1.807) is 0 Å². The summed E-state index contributed by atoms with van der Waals surface area (Å²) in [5.74, 6) is -2.16. The minimum Gasteiger partial charge on any atom is -0.454 e. The van der Waals surface area contributed by atoms with Gasteiger partial charge in [-0.05, 0) is 24.3 Å². The zero-order chi connectivity index (χ0) is 20.5. The molecule has 0 bridgehead atoms. The average molecular weight is 396 g/mol. The maximum absolute atomic E-state index is 12.2. The predicted octanol–water partition coefficient (Wildman–Crippen LogP) is -1.65. The molecule has 0 aliphatic heterocycles. The van der Waals surface area contributed by atoms with Crippen molar-refractivity contribution in [2.75, 3.05) is 12.3 Å². The maximum atomic E-state index is 12.2. The summed E-state index contributed by atoms with van der Waals surface area (Å²) < 4.78 is 28.8. The number of rotatable bonds is 5. The molecule has 0 atom stereocenters. The third kappa shape index (κ3) is 3.96. The minimum atomic E-state index is -3.91. The maximum Gasteiger partial charge on any atom is 0.338 e. The van der Waals surface area contributed by atoms with Crippen LogP contribution in [0.2, 0.25) is 0 Å². The number of aromatic nitrogens is 2. The number of hydrogen-bond acceptors (Lipinski definition) is 8. The van der Waals surface area contributed by atoms with Gasteiger partial charge in [0.15, 0.2) is 6.61 Å². The lowest BCUT2D eigenvalue weighted by Crippen LogP contribution is -2.42. The highest BCUT2D eigenvalue weighted by molar-refractivity contribution is 7.89. The van der Waals surface area contributed by atoms with E-state index in [4.69, 9.17) is 15.6 Å². The first-order valence-electron chi connectivity index (χ1n) is 7.33. The molecule has 11 nitrogen and oxygen atoms in total. The molecule has 12 heteroatoms. The summed E-state index contributed by atoms with van der Waals surface area (Å²) in [6, 6.07) is 4.53. The Hall–Kier alpha value is -3.25. The number of Topliss-reactive ketones (excluding diaryl/α,β-unsaturated/α-hetero) is 1. The van der Waals surface area contributed by atoms with E-state index in [-0.39, 0.29) is 16.3 Å². The first-order chi connectivity index (χ1) is 12.4. The molecule has 0 radical (unpaired) electrons. The summed E-state index contributed by atoms with van der Waals surface area (Å²) in [7, 11) is -1.45. The number of primary sulfonamides is 1. The van der Waals surface area contributed by atoms with Gasteiger partial charge >= 0.3 is 11.7 Å². The molecule has 1 aromatic carbocycles. The van der Waals surface area contributed by atoms with Gasteiger partial charge in [-0.15, -0.1) is 0 Å². The number of nitrogens with zero attached hydrogens (tertiary/aromatic N) is 2. The predicted molar refractivity (Wildman–Crippen MR) is 93.8 cm³/mol. The summed E-state index contributed by atoms with van der Waals surface area (Å²) in [6.45, 7) is -0.798. The molecule has 4 N–H and O–H groups in total. The van der Waals surface area contributed by atoms with Gasteiger partial charge in [-0.25, -0.2) is 23.1 Å².